The highest BCUT2D eigenvalue weighted by Gasteiger charge is 2.69. The fraction of sp³-hybridized carbons (Fsp3) is 0.696. The van der Waals surface area contributed by atoms with E-state index in [1.54, 1.807) is 6.92 Å². The number of hydrogen-bond acceptors (Lipinski definition) is 8. The lowest BCUT2D eigenvalue weighted by atomic mass is 9.87. The molecule has 3 rings (SSSR count). The maximum Gasteiger partial charge on any atom is 0.343 e. The SMILES string of the molecule is CCC[C@H](CCOc1ccc(CC(C)C)c(OCc2ccccc2)c1CO[Si](C)(C)C(C)(C)C)C(=O)C[C@H](O[Si](C)(C)C(C)(C)C)C1(C(=O)OCC)O[C@H]1CC. The summed E-state index contributed by atoms with van der Waals surface area (Å²) in [6.45, 7) is 33.8. The van der Waals surface area contributed by atoms with Crippen LogP contribution in [0, 0.1) is 11.8 Å². The lowest BCUT2D eigenvalue weighted by Gasteiger charge is -2.40. The third kappa shape index (κ3) is 12.3. The number of esters is 1. The molecule has 1 aliphatic rings. The number of hydrogen-bond donors (Lipinski definition) is 0. The van der Waals surface area contributed by atoms with E-state index >= 15 is 0 Å². The lowest BCUT2D eigenvalue weighted by molar-refractivity contribution is -0.154. The summed E-state index contributed by atoms with van der Waals surface area (Å²) in [4.78, 5) is 28.0. The first-order chi connectivity index (χ1) is 26.0. The number of carbonyl (C=O) groups is 2. The zero-order chi connectivity index (χ0) is 42.1. The highest BCUT2D eigenvalue weighted by Crippen LogP contribution is 2.49. The highest BCUT2D eigenvalue weighted by molar-refractivity contribution is 6.74. The zero-order valence-corrected chi connectivity index (χ0v) is 39.7. The number of ketones is 1. The van der Waals surface area contributed by atoms with Crippen LogP contribution in [0.2, 0.25) is 36.3 Å². The van der Waals surface area contributed by atoms with Crippen molar-refractivity contribution in [3.8, 4) is 11.5 Å². The summed E-state index contributed by atoms with van der Waals surface area (Å²) in [6.07, 6.45) is 2.58. The van der Waals surface area contributed by atoms with Crippen molar-refractivity contribution >= 4 is 28.4 Å². The van der Waals surface area contributed by atoms with Gasteiger partial charge in [0.1, 0.15) is 30.0 Å². The molecule has 0 aliphatic carbocycles. The first-order valence-corrected chi connectivity index (χ1v) is 27.0. The minimum atomic E-state index is -2.41. The van der Waals surface area contributed by atoms with Crippen molar-refractivity contribution in [2.75, 3.05) is 13.2 Å². The summed E-state index contributed by atoms with van der Waals surface area (Å²) in [7, 11) is -4.54. The maximum atomic E-state index is 14.4. The average molecular weight is 813 g/mol. The third-order valence-electron chi connectivity index (χ3n) is 12.2. The molecule has 1 aliphatic heterocycles. The Morgan fingerprint density at radius 1 is 0.839 bits per heavy atom. The van der Waals surface area contributed by atoms with Gasteiger partial charge in [0.15, 0.2) is 16.6 Å². The van der Waals surface area contributed by atoms with Crippen molar-refractivity contribution < 1.29 is 37.4 Å². The van der Waals surface area contributed by atoms with Crippen molar-refractivity contribution in [2.24, 2.45) is 11.8 Å². The van der Waals surface area contributed by atoms with Crippen molar-refractivity contribution in [3.63, 3.8) is 0 Å². The Morgan fingerprint density at radius 3 is 2.02 bits per heavy atom. The van der Waals surface area contributed by atoms with E-state index in [-0.39, 0.29) is 40.9 Å². The molecule has 2 aromatic carbocycles. The van der Waals surface area contributed by atoms with Gasteiger partial charge in [-0.05, 0) is 92.0 Å². The molecular formula is C46H76O8Si2. The summed E-state index contributed by atoms with van der Waals surface area (Å²) in [5, 5.41) is -0.0964. The number of rotatable bonds is 23. The minimum absolute atomic E-state index is 0.0308. The van der Waals surface area contributed by atoms with E-state index in [0.29, 0.717) is 45.0 Å². The molecule has 0 N–H and O–H groups in total. The molecule has 1 saturated heterocycles. The molecule has 2 aromatic rings. The Labute approximate surface area is 342 Å². The molecule has 56 heavy (non-hydrogen) atoms. The first kappa shape index (κ1) is 47.9. The van der Waals surface area contributed by atoms with Crippen LogP contribution in [0.3, 0.4) is 0 Å². The van der Waals surface area contributed by atoms with Gasteiger partial charge in [0, 0.05) is 12.3 Å². The van der Waals surface area contributed by atoms with Gasteiger partial charge in [0.25, 0.3) is 0 Å². The number of epoxide rings is 1. The molecule has 316 valence electrons. The lowest BCUT2D eigenvalue weighted by Crippen LogP contribution is -2.52. The van der Waals surface area contributed by atoms with E-state index in [2.05, 4.69) is 113 Å². The van der Waals surface area contributed by atoms with Crippen LogP contribution in [0.25, 0.3) is 0 Å². The Morgan fingerprint density at radius 2 is 1.48 bits per heavy atom. The fourth-order valence-electron chi connectivity index (χ4n) is 6.62. The quantitative estimate of drug-likeness (QED) is 0.0622. The molecule has 10 heteroatoms. The predicted molar refractivity (Wildman–Crippen MR) is 232 cm³/mol. The first-order valence-electron chi connectivity index (χ1n) is 21.2. The standard InChI is InChI=1S/C46H76O8Si2/c1-16-22-35(38(47)30-41(54-56(14,15)45(9,10)11)46(40(17-2)53-46)43(48)49-18-3)27-28-50-39-26-25-36(29-33(4)5)42(51-31-34-23-20-19-21-24-34)37(39)32-52-55(12,13)44(6,7)8/h19-21,23-26,33,35,40-41H,16-18,22,27-32H2,1-15H3/t35-,40+,41+,46?/m1/s1. The van der Waals surface area contributed by atoms with E-state index in [1.165, 1.54) is 0 Å². The topological polar surface area (TPSA) is 92.8 Å². The monoisotopic (exact) mass is 813 g/mol. The molecule has 1 unspecified atom stereocenters. The Kier molecular flexibility index (Phi) is 17.1. The Hall–Kier alpha value is -2.51. The van der Waals surface area contributed by atoms with E-state index in [0.717, 1.165) is 41.0 Å². The Bertz CT molecular complexity index is 1560. The van der Waals surface area contributed by atoms with Crippen LogP contribution in [0.5, 0.6) is 11.5 Å². The van der Waals surface area contributed by atoms with Gasteiger partial charge < -0.3 is 27.8 Å². The summed E-state index contributed by atoms with van der Waals surface area (Å²) < 4.78 is 38.9. The van der Waals surface area contributed by atoms with E-state index in [4.69, 9.17) is 27.8 Å². The van der Waals surface area contributed by atoms with Crippen molar-refractivity contribution in [1.29, 1.82) is 0 Å². The van der Waals surface area contributed by atoms with Gasteiger partial charge >= 0.3 is 5.97 Å². The predicted octanol–water partition coefficient (Wildman–Crippen LogP) is 11.6. The maximum absolute atomic E-state index is 14.4. The second-order valence-corrected chi connectivity index (χ2v) is 28.7. The molecular weight excluding hydrogens is 737 g/mol. The molecule has 0 radical (unpaired) electrons. The van der Waals surface area contributed by atoms with Gasteiger partial charge in [-0.15, -0.1) is 0 Å². The molecule has 0 bridgehead atoms. The van der Waals surface area contributed by atoms with Crippen LogP contribution in [0.1, 0.15) is 125 Å². The second-order valence-electron chi connectivity index (χ2n) is 19.1. The summed E-state index contributed by atoms with van der Waals surface area (Å²) in [6, 6.07) is 14.4. The smallest absolute Gasteiger partial charge is 0.343 e. The third-order valence-corrected chi connectivity index (χ3v) is 21.1. The number of ether oxygens (including phenoxy) is 4. The number of carbonyl (C=O) groups excluding carboxylic acids is 2. The van der Waals surface area contributed by atoms with E-state index in [1.807, 2.05) is 25.1 Å². The molecule has 0 amide bonds. The highest BCUT2D eigenvalue weighted by atomic mass is 28.4. The zero-order valence-electron chi connectivity index (χ0n) is 37.7. The molecule has 1 fully saturated rings. The van der Waals surface area contributed by atoms with Crippen LogP contribution in [0.4, 0.5) is 0 Å². The molecule has 1 heterocycles. The normalized spacial score (nSPS) is 18.8. The van der Waals surface area contributed by atoms with Crippen LogP contribution in [-0.2, 0) is 47.5 Å². The fourth-order valence-corrected chi connectivity index (χ4v) is 8.89. The van der Waals surface area contributed by atoms with Gasteiger partial charge in [-0.2, -0.15) is 0 Å². The second kappa shape index (κ2) is 20.0. The summed E-state index contributed by atoms with van der Waals surface area (Å²) in [5.41, 5.74) is 1.87. The van der Waals surface area contributed by atoms with Crippen molar-refractivity contribution in [3.05, 3.63) is 59.2 Å². The van der Waals surface area contributed by atoms with Gasteiger partial charge in [-0.25, -0.2) is 4.79 Å². The van der Waals surface area contributed by atoms with E-state index < -0.39 is 34.3 Å². The molecule has 0 saturated carbocycles. The average Bonchev–Trinajstić information content (AvgIpc) is 3.85. The molecule has 4 atom stereocenters. The van der Waals surface area contributed by atoms with Crippen LogP contribution in [0.15, 0.2) is 42.5 Å². The minimum Gasteiger partial charge on any atom is -0.493 e. The van der Waals surface area contributed by atoms with Gasteiger partial charge in [-0.3, -0.25) is 4.79 Å². The van der Waals surface area contributed by atoms with Gasteiger partial charge in [0.2, 0.25) is 5.60 Å². The van der Waals surface area contributed by atoms with E-state index in [9.17, 15) is 9.59 Å². The van der Waals surface area contributed by atoms with Crippen LogP contribution < -0.4 is 9.47 Å². The summed E-state index contributed by atoms with van der Waals surface area (Å²) in [5.74, 6) is 1.33. The molecule has 0 aromatic heterocycles. The Balaban J connectivity index is 1.95. The molecule has 8 nitrogen and oxygen atoms in total. The van der Waals surface area contributed by atoms with Crippen LogP contribution in [-0.4, -0.2) is 59.4 Å². The van der Waals surface area contributed by atoms with Crippen molar-refractivity contribution in [1.82, 2.24) is 0 Å². The number of Topliss-reactive ketones (excluding diaryl/α,β-unsaturated/α-hetero) is 1. The van der Waals surface area contributed by atoms with Gasteiger partial charge in [-0.1, -0.05) is 112 Å². The number of benzene rings is 2. The van der Waals surface area contributed by atoms with Crippen molar-refractivity contribution in [2.45, 2.75) is 182 Å². The van der Waals surface area contributed by atoms with Crippen LogP contribution >= 0.6 is 0 Å². The molecule has 0 spiro atoms. The summed E-state index contributed by atoms with van der Waals surface area (Å²) >= 11 is 0. The van der Waals surface area contributed by atoms with Gasteiger partial charge in [0.05, 0.1) is 31.5 Å². The largest absolute Gasteiger partial charge is 0.493 e.